The Balaban J connectivity index is 1.25. The van der Waals surface area contributed by atoms with Gasteiger partial charge < -0.3 is 9.80 Å². The van der Waals surface area contributed by atoms with Crippen LogP contribution in [0.2, 0.25) is 0 Å². The number of nitrogens with zero attached hydrogens (tertiary/aromatic N) is 5. The minimum Gasteiger partial charge on any atom is -0.341 e. The maximum absolute atomic E-state index is 4.64. The van der Waals surface area contributed by atoms with Gasteiger partial charge in [0.15, 0.2) is 0 Å². The van der Waals surface area contributed by atoms with E-state index in [-0.39, 0.29) is 0 Å². The van der Waals surface area contributed by atoms with Crippen molar-refractivity contribution in [2.24, 2.45) is 5.92 Å². The van der Waals surface area contributed by atoms with Crippen LogP contribution < -0.4 is 4.90 Å². The molecule has 5 nitrogen and oxygen atoms in total. The first kappa shape index (κ1) is 18.2. The second kappa shape index (κ2) is 8.66. The molecule has 0 N–H and O–H groups in total. The van der Waals surface area contributed by atoms with Crippen LogP contribution in [-0.2, 0) is 6.54 Å². The predicted molar refractivity (Wildman–Crippen MR) is 106 cm³/mol. The van der Waals surface area contributed by atoms with E-state index < -0.39 is 0 Å². The number of piperidine rings is 3. The van der Waals surface area contributed by atoms with Crippen molar-refractivity contribution < 1.29 is 0 Å². The highest BCUT2D eigenvalue weighted by Crippen LogP contribution is 2.24. The maximum Gasteiger partial charge on any atom is 0.225 e. The normalized spacial score (nSPS) is 27.0. The molecule has 1 aromatic heterocycles. The van der Waals surface area contributed by atoms with Crippen LogP contribution in [0.3, 0.4) is 0 Å². The molecule has 3 aliphatic rings. The van der Waals surface area contributed by atoms with Gasteiger partial charge in [-0.05, 0) is 70.5 Å². The molecule has 3 aliphatic heterocycles. The molecule has 1 unspecified atom stereocenters. The van der Waals surface area contributed by atoms with Gasteiger partial charge in [0, 0.05) is 50.2 Å². The first-order chi connectivity index (χ1) is 12.8. The molecule has 26 heavy (non-hydrogen) atoms. The Morgan fingerprint density at radius 1 is 0.885 bits per heavy atom. The highest BCUT2D eigenvalue weighted by Gasteiger charge is 2.27. The Morgan fingerprint density at radius 3 is 2.31 bits per heavy atom. The van der Waals surface area contributed by atoms with E-state index in [0.717, 1.165) is 37.5 Å². The lowest BCUT2D eigenvalue weighted by Crippen LogP contribution is -2.48. The van der Waals surface area contributed by atoms with Crippen molar-refractivity contribution in [2.75, 3.05) is 44.2 Å². The smallest absolute Gasteiger partial charge is 0.225 e. The first-order valence-corrected chi connectivity index (χ1v) is 10.8. The zero-order valence-electron chi connectivity index (χ0n) is 16.4. The number of aromatic nitrogens is 2. The topological polar surface area (TPSA) is 35.5 Å². The van der Waals surface area contributed by atoms with Crippen LogP contribution in [0.15, 0.2) is 12.4 Å². The zero-order chi connectivity index (χ0) is 17.8. The summed E-state index contributed by atoms with van der Waals surface area (Å²) in [7, 11) is 0. The number of likely N-dealkylation sites (tertiary alicyclic amines) is 2. The lowest BCUT2D eigenvalue weighted by atomic mass is 9.95. The molecule has 0 bridgehead atoms. The molecule has 0 aliphatic carbocycles. The molecule has 1 aromatic rings. The van der Waals surface area contributed by atoms with E-state index in [1.165, 1.54) is 76.7 Å². The highest BCUT2D eigenvalue weighted by molar-refractivity contribution is 5.30. The highest BCUT2D eigenvalue weighted by atomic mass is 15.3. The molecule has 0 spiro atoms. The second-order valence-corrected chi connectivity index (χ2v) is 8.69. The fraction of sp³-hybridized carbons (Fsp3) is 0.810. The molecule has 0 saturated carbocycles. The Hall–Kier alpha value is -1.20. The lowest BCUT2D eigenvalue weighted by molar-refractivity contribution is 0.0728. The van der Waals surface area contributed by atoms with E-state index in [2.05, 4.69) is 44.0 Å². The van der Waals surface area contributed by atoms with E-state index in [1.807, 2.05) is 0 Å². The Labute approximate surface area is 158 Å². The minimum absolute atomic E-state index is 0.812. The van der Waals surface area contributed by atoms with Crippen molar-refractivity contribution in [3.8, 4) is 0 Å². The molecule has 4 rings (SSSR count). The van der Waals surface area contributed by atoms with E-state index in [9.17, 15) is 0 Å². The molecular formula is C21H35N5. The monoisotopic (exact) mass is 357 g/mol. The number of anilines is 1. The first-order valence-electron chi connectivity index (χ1n) is 10.8. The molecule has 1 atom stereocenters. The van der Waals surface area contributed by atoms with Crippen LogP contribution in [0.25, 0.3) is 0 Å². The third-order valence-corrected chi connectivity index (χ3v) is 6.50. The van der Waals surface area contributed by atoms with Gasteiger partial charge in [-0.2, -0.15) is 0 Å². The molecule has 4 heterocycles. The quantitative estimate of drug-likeness (QED) is 0.827. The van der Waals surface area contributed by atoms with Crippen LogP contribution in [0.4, 0.5) is 5.95 Å². The van der Waals surface area contributed by atoms with Gasteiger partial charge >= 0.3 is 0 Å². The van der Waals surface area contributed by atoms with Crippen LogP contribution in [0.1, 0.15) is 57.4 Å². The minimum atomic E-state index is 0.812. The lowest BCUT2D eigenvalue weighted by Gasteiger charge is -2.41. The number of hydrogen-bond acceptors (Lipinski definition) is 5. The summed E-state index contributed by atoms with van der Waals surface area (Å²) in [6.07, 6.45) is 13.4. The molecule has 0 radical (unpaired) electrons. The Morgan fingerprint density at radius 2 is 1.62 bits per heavy atom. The average molecular weight is 358 g/mol. The fourth-order valence-electron chi connectivity index (χ4n) is 4.95. The molecule has 3 fully saturated rings. The number of rotatable bonds is 4. The van der Waals surface area contributed by atoms with Crippen LogP contribution in [0, 0.1) is 5.92 Å². The van der Waals surface area contributed by atoms with Gasteiger partial charge in [0.1, 0.15) is 0 Å². The summed E-state index contributed by atoms with van der Waals surface area (Å²) < 4.78 is 0. The van der Waals surface area contributed by atoms with Crippen LogP contribution in [-0.4, -0.2) is 65.1 Å². The van der Waals surface area contributed by atoms with Crippen molar-refractivity contribution in [2.45, 2.75) is 64.5 Å². The summed E-state index contributed by atoms with van der Waals surface area (Å²) in [6.45, 7) is 10.7. The predicted octanol–water partition coefficient (Wildman–Crippen LogP) is 3.16. The van der Waals surface area contributed by atoms with Gasteiger partial charge in [0.05, 0.1) is 0 Å². The van der Waals surface area contributed by atoms with Gasteiger partial charge in [-0.25, -0.2) is 9.97 Å². The number of hydrogen-bond donors (Lipinski definition) is 0. The largest absolute Gasteiger partial charge is 0.341 e. The van der Waals surface area contributed by atoms with E-state index in [0.29, 0.717) is 0 Å². The van der Waals surface area contributed by atoms with E-state index in [4.69, 9.17) is 0 Å². The Bertz CT molecular complexity index is 546. The van der Waals surface area contributed by atoms with Gasteiger partial charge in [-0.1, -0.05) is 6.92 Å². The van der Waals surface area contributed by atoms with Crippen molar-refractivity contribution in [1.29, 1.82) is 0 Å². The standard InChI is InChI=1S/C21H35N5/c1-18-6-5-11-26(16-18)20-7-12-24(13-8-20)17-19-14-22-21(23-15-19)25-9-3-2-4-10-25/h14-15,18,20H,2-13,16-17H2,1H3. The van der Waals surface area contributed by atoms with E-state index >= 15 is 0 Å². The molecule has 0 aromatic carbocycles. The van der Waals surface area contributed by atoms with Crippen molar-refractivity contribution in [1.82, 2.24) is 19.8 Å². The molecule has 3 saturated heterocycles. The summed E-state index contributed by atoms with van der Waals surface area (Å²) in [5.41, 5.74) is 1.26. The van der Waals surface area contributed by atoms with Crippen LogP contribution >= 0.6 is 0 Å². The Kier molecular flexibility index (Phi) is 6.05. The summed E-state index contributed by atoms with van der Waals surface area (Å²) in [5.74, 6) is 1.81. The van der Waals surface area contributed by atoms with E-state index in [1.54, 1.807) is 0 Å². The van der Waals surface area contributed by atoms with Gasteiger partial charge in [-0.15, -0.1) is 0 Å². The van der Waals surface area contributed by atoms with Crippen molar-refractivity contribution >= 4 is 5.95 Å². The summed E-state index contributed by atoms with van der Waals surface area (Å²) >= 11 is 0. The summed E-state index contributed by atoms with van der Waals surface area (Å²) in [4.78, 5) is 17.0. The SMILES string of the molecule is CC1CCCN(C2CCN(Cc3cnc(N4CCCCC4)nc3)CC2)C1. The van der Waals surface area contributed by atoms with Gasteiger partial charge in [0.25, 0.3) is 0 Å². The van der Waals surface area contributed by atoms with Crippen LogP contribution in [0.5, 0.6) is 0 Å². The summed E-state index contributed by atoms with van der Waals surface area (Å²) in [6, 6.07) is 0.812. The molecule has 5 heteroatoms. The molecular weight excluding hydrogens is 322 g/mol. The van der Waals surface area contributed by atoms with Gasteiger partial charge in [0.2, 0.25) is 5.95 Å². The van der Waals surface area contributed by atoms with Crippen molar-refractivity contribution in [3.05, 3.63) is 18.0 Å². The second-order valence-electron chi connectivity index (χ2n) is 8.69. The fourth-order valence-corrected chi connectivity index (χ4v) is 4.95. The third kappa shape index (κ3) is 4.55. The van der Waals surface area contributed by atoms with Crippen molar-refractivity contribution in [3.63, 3.8) is 0 Å². The molecule has 144 valence electrons. The third-order valence-electron chi connectivity index (χ3n) is 6.50. The van der Waals surface area contributed by atoms with Gasteiger partial charge in [-0.3, -0.25) is 4.90 Å². The zero-order valence-corrected chi connectivity index (χ0v) is 16.4. The maximum atomic E-state index is 4.64. The molecule has 0 amide bonds. The average Bonchev–Trinajstić information content (AvgIpc) is 2.70. The summed E-state index contributed by atoms with van der Waals surface area (Å²) in [5, 5.41) is 0.